The smallest absolute Gasteiger partial charge is 0.463 e. The third-order valence-corrected chi connectivity index (χ3v) is 19.0. The summed E-state index contributed by atoms with van der Waals surface area (Å²) in [5.74, 6) is -1.68. The largest absolute Gasteiger partial charge is 0.472 e. The highest BCUT2D eigenvalue weighted by Gasteiger charge is 2.29. The fraction of sp³-hybridized carbons (Fsp3) is 0.637. The molecule has 0 spiro atoms. The molecule has 5 atom stereocenters. The van der Waals surface area contributed by atoms with Gasteiger partial charge in [-0.25, -0.2) is 9.13 Å². The molecule has 0 saturated heterocycles. The SMILES string of the molecule is CC/C=C\C/C=C\C/C=C\C/C=C\C/C=C\C/C=C\CCCCCCC(=O)OCC(COP(=O)(O)OCC(O)COP(=O)(O)OCC(O)COC(=O)CCCCCCCCCCCCCCCCCCC/C=C\C/C=C\C/C=C\C/C=C\CCCCC)OC(=O)CCC/C=C\C/C=C\C/C=C\C/C=C\C/C=C\CC. The minimum atomic E-state index is -4.96. The molecular weight excluding hydrogens is 1410 g/mol. The highest BCUT2D eigenvalue weighted by Crippen LogP contribution is 2.45. The third-order valence-electron chi connectivity index (χ3n) is 17.1. The van der Waals surface area contributed by atoms with Crippen molar-refractivity contribution in [1.82, 2.24) is 0 Å². The van der Waals surface area contributed by atoms with Gasteiger partial charge in [-0.2, -0.15) is 0 Å². The van der Waals surface area contributed by atoms with Gasteiger partial charge in [0.2, 0.25) is 0 Å². The Bertz CT molecular complexity index is 2710. The predicted molar refractivity (Wildman–Crippen MR) is 454 cm³/mol. The second-order valence-electron chi connectivity index (χ2n) is 27.5. The molecule has 16 nitrogen and oxygen atoms in total. The number of carbonyl (C=O) groups excluding carboxylic acids is 3. The Morgan fingerprint density at radius 1 is 0.266 bits per heavy atom. The Hall–Kier alpha value is -5.35. The molecule has 0 saturated carbocycles. The van der Waals surface area contributed by atoms with E-state index in [0.29, 0.717) is 25.7 Å². The van der Waals surface area contributed by atoms with Crippen LogP contribution in [0.4, 0.5) is 0 Å². The summed E-state index contributed by atoms with van der Waals surface area (Å²) in [7, 11) is -9.83. The van der Waals surface area contributed by atoms with E-state index in [-0.39, 0.29) is 19.3 Å². The van der Waals surface area contributed by atoms with E-state index in [4.69, 9.17) is 32.3 Å². The average molecular weight is 1560 g/mol. The fourth-order valence-corrected chi connectivity index (χ4v) is 12.4. The summed E-state index contributed by atoms with van der Waals surface area (Å²) < 4.78 is 61.1. The Kier molecular flexibility index (Phi) is 78.1. The summed E-state index contributed by atoms with van der Waals surface area (Å²) in [5, 5.41) is 20.7. The van der Waals surface area contributed by atoms with Crippen molar-refractivity contribution in [1.29, 1.82) is 0 Å². The van der Waals surface area contributed by atoms with Gasteiger partial charge in [0.15, 0.2) is 6.10 Å². The van der Waals surface area contributed by atoms with Crippen LogP contribution in [0.15, 0.2) is 182 Å². The molecule has 0 aliphatic rings. The lowest BCUT2D eigenvalue weighted by Gasteiger charge is -2.21. The summed E-state index contributed by atoms with van der Waals surface area (Å²) in [6.45, 7) is 2.32. The number of aliphatic hydroxyl groups excluding tert-OH is 2. The van der Waals surface area contributed by atoms with Crippen molar-refractivity contribution in [3.8, 4) is 0 Å². The van der Waals surface area contributed by atoms with Crippen molar-refractivity contribution in [2.75, 3.05) is 39.6 Å². The number of hydrogen-bond donors (Lipinski definition) is 4. The van der Waals surface area contributed by atoms with E-state index in [1.807, 2.05) is 12.2 Å². The number of aliphatic hydroxyl groups is 2. The molecule has 0 bridgehead atoms. The number of phosphoric acid groups is 2. The lowest BCUT2D eigenvalue weighted by Crippen LogP contribution is -2.30. The van der Waals surface area contributed by atoms with Crippen LogP contribution in [0, 0.1) is 0 Å². The second-order valence-corrected chi connectivity index (χ2v) is 30.4. The molecule has 5 unspecified atom stereocenters. The number of phosphoric ester groups is 2. The van der Waals surface area contributed by atoms with Gasteiger partial charge >= 0.3 is 33.6 Å². The molecule has 0 aliphatic carbocycles. The number of allylic oxidation sites excluding steroid dienone is 30. The molecule has 0 radical (unpaired) electrons. The molecule has 0 rings (SSSR count). The van der Waals surface area contributed by atoms with Gasteiger partial charge in [-0.15, -0.1) is 0 Å². The first-order valence-corrected chi connectivity index (χ1v) is 45.1. The van der Waals surface area contributed by atoms with Gasteiger partial charge in [0, 0.05) is 19.3 Å². The highest BCUT2D eigenvalue weighted by atomic mass is 31.2. The van der Waals surface area contributed by atoms with Crippen molar-refractivity contribution in [3.63, 3.8) is 0 Å². The van der Waals surface area contributed by atoms with Crippen LogP contribution in [0.1, 0.15) is 316 Å². The number of hydrogen-bond acceptors (Lipinski definition) is 14. The van der Waals surface area contributed by atoms with Gasteiger partial charge in [-0.1, -0.05) is 325 Å². The van der Waals surface area contributed by atoms with Gasteiger partial charge in [0.25, 0.3) is 0 Å². The molecule has 0 aliphatic heterocycles. The number of carbonyl (C=O) groups is 3. The van der Waals surface area contributed by atoms with Crippen molar-refractivity contribution < 1.29 is 75.8 Å². The van der Waals surface area contributed by atoms with Crippen LogP contribution in [0.5, 0.6) is 0 Å². The number of esters is 3. The van der Waals surface area contributed by atoms with Crippen LogP contribution >= 0.6 is 15.6 Å². The Morgan fingerprint density at radius 2 is 0.495 bits per heavy atom. The van der Waals surface area contributed by atoms with Gasteiger partial charge in [0.05, 0.1) is 26.4 Å². The maximum absolute atomic E-state index is 13.0. The minimum Gasteiger partial charge on any atom is -0.463 e. The summed E-state index contributed by atoms with van der Waals surface area (Å²) >= 11 is 0. The maximum Gasteiger partial charge on any atom is 0.472 e. The summed E-state index contributed by atoms with van der Waals surface area (Å²) in [4.78, 5) is 58.7. The number of rotatable bonds is 78. The highest BCUT2D eigenvalue weighted by molar-refractivity contribution is 7.47. The van der Waals surface area contributed by atoms with E-state index < -0.39 is 91.5 Å². The van der Waals surface area contributed by atoms with Crippen LogP contribution in [-0.4, -0.2) is 95.9 Å². The molecule has 620 valence electrons. The van der Waals surface area contributed by atoms with Gasteiger partial charge in [-0.05, 0) is 154 Å². The van der Waals surface area contributed by atoms with E-state index >= 15 is 0 Å². The summed E-state index contributed by atoms with van der Waals surface area (Å²) in [6, 6.07) is 0. The Balaban J connectivity index is 4.56. The molecule has 0 aromatic carbocycles. The Labute approximate surface area is 662 Å². The maximum atomic E-state index is 13.0. The predicted octanol–water partition coefficient (Wildman–Crippen LogP) is 25.3. The topological polar surface area (TPSA) is 231 Å². The molecule has 18 heteroatoms. The molecule has 0 amide bonds. The van der Waals surface area contributed by atoms with E-state index in [1.165, 1.54) is 116 Å². The zero-order chi connectivity index (χ0) is 79.4. The normalized spacial score (nSPS) is 14.8. The third kappa shape index (κ3) is 83.4. The van der Waals surface area contributed by atoms with Crippen molar-refractivity contribution >= 4 is 33.6 Å². The van der Waals surface area contributed by atoms with Crippen molar-refractivity contribution in [2.45, 2.75) is 334 Å². The van der Waals surface area contributed by atoms with Crippen LogP contribution in [-0.2, 0) is 55.8 Å². The van der Waals surface area contributed by atoms with Crippen LogP contribution < -0.4 is 0 Å². The average Bonchev–Trinajstić information content (AvgIpc) is 0.868. The zero-order valence-corrected chi connectivity index (χ0v) is 69.7. The van der Waals surface area contributed by atoms with Crippen LogP contribution in [0.2, 0.25) is 0 Å². The molecule has 0 fully saturated rings. The van der Waals surface area contributed by atoms with Crippen LogP contribution in [0.25, 0.3) is 0 Å². The van der Waals surface area contributed by atoms with Gasteiger partial charge < -0.3 is 34.2 Å². The van der Waals surface area contributed by atoms with E-state index in [9.17, 15) is 43.5 Å². The standard InChI is InChI=1S/C91H150O16P2/c1-4-7-10-13-16-19-22-25-28-31-33-35-37-38-39-40-41-42-43-44-45-46-48-50-51-54-56-59-62-65-68-71-74-77-89(94)101-80-86(92)81-103-108(97,98)104-82-87(93)83-105-109(99,100)106-85-88(107-91(96)79-76-73-70-67-64-61-58-53-30-27-24-21-18-15-12-9-6-3)84-102-90(95)78-75-72-69-66-63-60-57-55-52-49-47-36-34-32-29-26-23-20-17-14-11-8-5-2/h8-9,11-12,16-21,25-30,33-36,38-39,49,52,57-58,60-61,67,70,86-88,92-93H,4-7,10,13-15,22-24,31-32,37,40-48,50-51,53-56,59,62-66,68-69,71-85H2,1-3H3,(H,97,98)(H,99,100)/b11-8-,12-9-,19-16-,20-17-,21-18-,28-25-,29-26-,30-27-,35-33-,36-34-,39-38-,52-49-,60-57-,61-58-,70-67-. The molecule has 0 aromatic heterocycles. The minimum absolute atomic E-state index is 0.0132. The first kappa shape index (κ1) is 104. The first-order valence-electron chi connectivity index (χ1n) is 42.1. The zero-order valence-electron chi connectivity index (χ0n) is 67.9. The summed E-state index contributed by atoms with van der Waals surface area (Å²) in [5.41, 5.74) is 0. The number of unbranched alkanes of at least 4 members (excludes halogenated alkanes) is 25. The molecule has 0 heterocycles. The molecular formula is C91H150O16P2. The Morgan fingerprint density at radius 3 is 0.798 bits per heavy atom. The van der Waals surface area contributed by atoms with Crippen molar-refractivity contribution in [2.24, 2.45) is 0 Å². The van der Waals surface area contributed by atoms with Gasteiger partial charge in [0.1, 0.15) is 25.4 Å². The van der Waals surface area contributed by atoms with Crippen molar-refractivity contribution in [3.05, 3.63) is 182 Å². The second kappa shape index (κ2) is 82.1. The fourth-order valence-electron chi connectivity index (χ4n) is 10.8. The van der Waals surface area contributed by atoms with Crippen LogP contribution in [0.3, 0.4) is 0 Å². The first-order chi connectivity index (χ1) is 53.2. The van der Waals surface area contributed by atoms with E-state index in [0.717, 1.165) is 135 Å². The van der Waals surface area contributed by atoms with Gasteiger partial charge in [-0.3, -0.25) is 32.5 Å². The number of ether oxygens (including phenoxy) is 3. The summed E-state index contributed by atoms with van der Waals surface area (Å²) in [6.07, 6.45) is 107. The molecule has 0 aromatic rings. The molecule has 109 heavy (non-hydrogen) atoms. The van der Waals surface area contributed by atoms with E-state index in [2.05, 4.69) is 191 Å². The lowest BCUT2D eigenvalue weighted by molar-refractivity contribution is -0.161. The molecule has 4 N–H and O–H groups in total. The monoisotopic (exact) mass is 1560 g/mol. The van der Waals surface area contributed by atoms with E-state index in [1.54, 1.807) is 0 Å². The lowest BCUT2D eigenvalue weighted by atomic mass is 10.0. The quantitative estimate of drug-likeness (QED) is 0.0146.